The Bertz CT molecular complexity index is 565. The Labute approximate surface area is 91.1 Å². The third kappa shape index (κ3) is 1.50. The van der Waals surface area contributed by atoms with E-state index in [2.05, 4.69) is 15.9 Å². The maximum atomic E-state index is 13.3. The molecule has 0 aliphatic carbocycles. The molecule has 0 saturated heterocycles. The highest BCUT2D eigenvalue weighted by molar-refractivity contribution is 9.10. The van der Waals surface area contributed by atoms with Crippen molar-refractivity contribution in [1.29, 1.82) is 0 Å². The van der Waals surface area contributed by atoms with Gasteiger partial charge in [-0.3, -0.25) is 0 Å². The fourth-order valence-electron chi connectivity index (χ4n) is 1.39. The number of halogens is 3. The largest absolute Gasteiger partial charge is 0.464 e. The second kappa shape index (κ2) is 3.30. The van der Waals surface area contributed by atoms with E-state index in [4.69, 9.17) is 5.11 Å². The molecule has 0 unspecified atom stereocenters. The van der Waals surface area contributed by atoms with E-state index in [0.29, 0.717) is 15.1 Å². The van der Waals surface area contributed by atoms with Gasteiger partial charge in [0.1, 0.15) is 5.82 Å². The topological polar surface area (TPSA) is 42.2 Å². The lowest BCUT2D eigenvalue weighted by Crippen LogP contribution is -2.06. The molecule has 1 heterocycles. The molecule has 2 rings (SSSR count). The molecule has 0 spiro atoms. The Hall–Kier alpha value is -1.43. The minimum atomic E-state index is -1.32. The van der Waals surface area contributed by atoms with Crippen molar-refractivity contribution in [2.75, 3.05) is 0 Å². The summed E-state index contributed by atoms with van der Waals surface area (Å²) in [7, 11) is 0. The number of nitrogens with zero attached hydrogens (tertiary/aromatic N) is 1. The van der Waals surface area contributed by atoms with Crippen LogP contribution in [0.15, 0.2) is 22.8 Å². The predicted molar refractivity (Wildman–Crippen MR) is 53.0 cm³/mol. The Morgan fingerprint density at radius 2 is 2.07 bits per heavy atom. The molecule has 0 amide bonds. The zero-order chi connectivity index (χ0) is 11.2. The van der Waals surface area contributed by atoms with E-state index in [1.54, 1.807) is 0 Å². The summed E-state index contributed by atoms with van der Waals surface area (Å²) >= 11 is 3.04. The van der Waals surface area contributed by atoms with Gasteiger partial charge in [0.05, 0.1) is 5.52 Å². The molecule has 0 radical (unpaired) electrons. The molecular weight excluding hydrogens is 272 g/mol. The van der Waals surface area contributed by atoms with E-state index in [0.717, 1.165) is 6.07 Å². The fraction of sp³-hybridized carbons (Fsp3) is 0. The van der Waals surface area contributed by atoms with Gasteiger partial charge in [-0.1, -0.05) is 0 Å². The molecule has 2 aromatic rings. The van der Waals surface area contributed by atoms with Gasteiger partial charge in [0.25, 0.3) is 0 Å². The Morgan fingerprint density at radius 1 is 1.40 bits per heavy atom. The molecule has 1 N–H and O–H groups in total. The quantitative estimate of drug-likeness (QED) is 0.802. The van der Waals surface area contributed by atoms with Crippen molar-refractivity contribution in [3.63, 3.8) is 0 Å². The number of carboxylic acid groups (broad SMARTS) is 1. The number of fused-ring (bicyclic) bond motifs is 1. The number of carbonyl (C=O) groups is 1. The summed E-state index contributed by atoms with van der Waals surface area (Å²) in [5.74, 6) is -1.65. The fourth-order valence-corrected chi connectivity index (χ4v) is 1.90. The summed E-state index contributed by atoms with van der Waals surface area (Å²) in [6.07, 6.45) is -0.147. The molecule has 0 fully saturated rings. The normalized spacial score (nSPS) is 10.9. The van der Waals surface area contributed by atoms with Crippen LogP contribution >= 0.6 is 15.9 Å². The maximum Gasteiger partial charge on any atom is 0.416 e. The predicted octanol–water partition coefficient (Wildman–Crippen LogP) is 3.21. The molecule has 0 bridgehead atoms. The number of benzene rings is 1. The standard InChI is InChI=1S/C9H4BrF2NO2/c10-6-3-13(9(14)15)8-5(6)1-4(11)2-7(8)12/h1-3H,(H,14,15). The minimum absolute atomic E-state index is 0.157. The molecule has 0 saturated carbocycles. The van der Waals surface area contributed by atoms with Gasteiger partial charge < -0.3 is 5.11 Å². The van der Waals surface area contributed by atoms with Gasteiger partial charge in [0.2, 0.25) is 0 Å². The summed E-state index contributed by atoms with van der Waals surface area (Å²) in [5, 5.41) is 8.96. The monoisotopic (exact) mass is 275 g/mol. The number of hydrogen-bond donors (Lipinski definition) is 1. The second-order valence-electron chi connectivity index (χ2n) is 2.91. The third-order valence-corrected chi connectivity index (χ3v) is 2.61. The highest BCUT2D eigenvalue weighted by atomic mass is 79.9. The van der Waals surface area contributed by atoms with Gasteiger partial charge in [-0.2, -0.15) is 0 Å². The van der Waals surface area contributed by atoms with Crippen LogP contribution in [0, 0.1) is 11.6 Å². The maximum absolute atomic E-state index is 13.3. The first-order chi connectivity index (χ1) is 7.00. The Balaban J connectivity index is 2.93. The van der Waals surface area contributed by atoms with Gasteiger partial charge in [-0.05, 0) is 22.0 Å². The van der Waals surface area contributed by atoms with Gasteiger partial charge in [-0.15, -0.1) is 0 Å². The smallest absolute Gasteiger partial charge is 0.416 e. The first-order valence-corrected chi connectivity index (χ1v) is 4.69. The van der Waals surface area contributed by atoms with Crippen molar-refractivity contribution < 1.29 is 18.7 Å². The first kappa shape index (κ1) is 10.1. The zero-order valence-electron chi connectivity index (χ0n) is 7.17. The van der Waals surface area contributed by atoms with E-state index in [1.165, 1.54) is 6.20 Å². The lowest BCUT2D eigenvalue weighted by Gasteiger charge is -1.99. The molecule has 0 aliphatic heterocycles. The van der Waals surface area contributed by atoms with Gasteiger partial charge in [0.15, 0.2) is 5.82 Å². The van der Waals surface area contributed by atoms with Crippen LogP contribution in [0.25, 0.3) is 10.9 Å². The molecule has 1 aromatic carbocycles. The van der Waals surface area contributed by atoms with Crippen LogP contribution < -0.4 is 0 Å². The van der Waals surface area contributed by atoms with Crippen LogP contribution in [0.2, 0.25) is 0 Å². The van der Waals surface area contributed by atoms with Crippen LogP contribution in [0.4, 0.5) is 13.6 Å². The highest BCUT2D eigenvalue weighted by Gasteiger charge is 2.16. The molecule has 0 atom stereocenters. The van der Waals surface area contributed by atoms with Crippen molar-refractivity contribution in [2.45, 2.75) is 0 Å². The molecular formula is C9H4BrF2NO2. The van der Waals surface area contributed by atoms with Gasteiger partial charge >= 0.3 is 6.09 Å². The summed E-state index contributed by atoms with van der Waals surface area (Å²) < 4.78 is 27.2. The minimum Gasteiger partial charge on any atom is -0.464 e. The second-order valence-corrected chi connectivity index (χ2v) is 3.77. The van der Waals surface area contributed by atoms with E-state index in [9.17, 15) is 13.6 Å². The first-order valence-electron chi connectivity index (χ1n) is 3.89. The molecule has 1 aromatic heterocycles. The molecule has 6 heteroatoms. The van der Waals surface area contributed by atoms with Gasteiger partial charge in [-0.25, -0.2) is 18.1 Å². The van der Waals surface area contributed by atoms with E-state index < -0.39 is 17.7 Å². The molecule has 3 nitrogen and oxygen atoms in total. The van der Waals surface area contributed by atoms with E-state index >= 15 is 0 Å². The lowest BCUT2D eigenvalue weighted by atomic mass is 10.2. The summed E-state index contributed by atoms with van der Waals surface area (Å²) in [6, 6.07) is 1.72. The Kier molecular flexibility index (Phi) is 2.22. The van der Waals surface area contributed by atoms with E-state index in [1.807, 2.05) is 0 Å². The molecule has 15 heavy (non-hydrogen) atoms. The van der Waals surface area contributed by atoms with Crippen LogP contribution in [-0.2, 0) is 0 Å². The average Bonchev–Trinajstić information content (AvgIpc) is 2.44. The van der Waals surface area contributed by atoms with Crippen molar-refractivity contribution in [3.05, 3.63) is 34.4 Å². The SMILES string of the molecule is O=C(O)n1cc(Br)c2cc(F)cc(F)c21. The van der Waals surface area contributed by atoms with E-state index in [-0.39, 0.29) is 10.9 Å². The summed E-state index contributed by atoms with van der Waals surface area (Å²) in [5.41, 5.74) is -0.157. The van der Waals surface area contributed by atoms with Crippen molar-refractivity contribution in [1.82, 2.24) is 4.57 Å². The van der Waals surface area contributed by atoms with Crippen LogP contribution in [0.5, 0.6) is 0 Å². The third-order valence-electron chi connectivity index (χ3n) is 1.97. The van der Waals surface area contributed by atoms with Crippen molar-refractivity contribution in [2.24, 2.45) is 0 Å². The summed E-state index contributed by atoms with van der Waals surface area (Å²) in [6.45, 7) is 0. The van der Waals surface area contributed by atoms with Crippen molar-refractivity contribution >= 4 is 32.9 Å². The average molecular weight is 276 g/mol. The highest BCUT2D eigenvalue weighted by Crippen LogP contribution is 2.28. The number of hydrogen-bond acceptors (Lipinski definition) is 1. The number of aromatic nitrogens is 1. The van der Waals surface area contributed by atoms with Crippen LogP contribution in [-0.4, -0.2) is 15.8 Å². The molecule has 0 aliphatic rings. The van der Waals surface area contributed by atoms with Crippen LogP contribution in [0.3, 0.4) is 0 Å². The van der Waals surface area contributed by atoms with Gasteiger partial charge in [0, 0.05) is 22.1 Å². The number of rotatable bonds is 0. The Morgan fingerprint density at radius 3 is 2.67 bits per heavy atom. The van der Waals surface area contributed by atoms with Crippen molar-refractivity contribution in [3.8, 4) is 0 Å². The van der Waals surface area contributed by atoms with Crippen LogP contribution in [0.1, 0.15) is 0 Å². The summed E-state index contributed by atoms with van der Waals surface area (Å²) in [4.78, 5) is 10.7. The lowest BCUT2D eigenvalue weighted by molar-refractivity contribution is 0.197. The molecule has 78 valence electrons. The zero-order valence-corrected chi connectivity index (χ0v) is 8.75.